The number of hydrogen-bond acceptors (Lipinski definition) is 5. The average molecular weight is 443 g/mol. The van der Waals surface area contributed by atoms with Crippen LogP contribution in [0, 0.1) is 0 Å². The minimum absolute atomic E-state index is 0.0341. The lowest BCUT2D eigenvalue weighted by molar-refractivity contribution is -0.192. The summed E-state index contributed by atoms with van der Waals surface area (Å²) in [5.74, 6) is -2.76. The predicted octanol–water partition coefficient (Wildman–Crippen LogP) is 1.62. The molecule has 4 rings (SSSR count). The van der Waals surface area contributed by atoms with Crippen molar-refractivity contribution in [3.63, 3.8) is 0 Å². The maximum atomic E-state index is 12.8. The van der Waals surface area contributed by atoms with E-state index in [9.17, 15) is 21.6 Å². The number of hydrogen-bond donors (Lipinski definition) is 2. The monoisotopic (exact) mass is 442 g/mol. The summed E-state index contributed by atoms with van der Waals surface area (Å²) in [4.78, 5) is 8.90. The average Bonchev–Trinajstić information content (AvgIpc) is 2.94. The number of aliphatic carboxylic acids is 1. The number of alkyl halides is 3. The number of ether oxygens (including phenoxy) is 1. The SMILES string of the molecule is O=C(O)C(F)(F)F.O=S1(=O)[C@H]2C[C@@H]3CNC[C@@]2(CN1Cc1cccc(Cl)c1)O3. The van der Waals surface area contributed by atoms with Crippen molar-refractivity contribution >= 4 is 27.6 Å². The highest BCUT2D eigenvalue weighted by molar-refractivity contribution is 7.90. The highest BCUT2D eigenvalue weighted by atomic mass is 35.5. The van der Waals surface area contributed by atoms with Gasteiger partial charge in [0.15, 0.2) is 0 Å². The Bertz CT molecular complexity index is 866. The Hall–Kier alpha value is -1.40. The van der Waals surface area contributed by atoms with Gasteiger partial charge in [-0.25, -0.2) is 13.2 Å². The molecule has 0 unspecified atom stereocenters. The fourth-order valence-corrected chi connectivity index (χ4v) is 6.29. The molecule has 0 radical (unpaired) electrons. The van der Waals surface area contributed by atoms with E-state index in [-0.39, 0.29) is 6.10 Å². The Morgan fingerprint density at radius 2 is 2.11 bits per heavy atom. The second kappa shape index (κ2) is 7.45. The number of halogens is 4. The van der Waals surface area contributed by atoms with Crippen LogP contribution in [0.1, 0.15) is 12.0 Å². The summed E-state index contributed by atoms with van der Waals surface area (Å²) >= 11 is 5.98. The van der Waals surface area contributed by atoms with E-state index in [4.69, 9.17) is 26.2 Å². The molecule has 0 amide bonds. The number of morpholine rings is 1. The number of carbonyl (C=O) groups is 1. The van der Waals surface area contributed by atoms with Gasteiger partial charge < -0.3 is 15.2 Å². The van der Waals surface area contributed by atoms with Crippen molar-refractivity contribution in [1.29, 1.82) is 0 Å². The minimum atomic E-state index is -5.08. The van der Waals surface area contributed by atoms with Crippen LogP contribution in [-0.2, 0) is 26.1 Å². The van der Waals surface area contributed by atoms with Crippen LogP contribution in [0.5, 0.6) is 0 Å². The summed E-state index contributed by atoms with van der Waals surface area (Å²) in [7, 11) is -3.31. The molecule has 3 atom stereocenters. The molecule has 0 saturated carbocycles. The molecule has 1 aromatic carbocycles. The van der Waals surface area contributed by atoms with E-state index in [0.717, 1.165) is 12.1 Å². The molecule has 2 bridgehead atoms. The lowest BCUT2D eigenvalue weighted by Gasteiger charge is -2.32. The van der Waals surface area contributed by atoms with Crippen molar-refractivity contribution in [2.24, 2.45) is 0 Å². The quantitative estimate of drug-likeness (QED) is 0.722. The molecular formula is C16H18ClF3N2O5S. The third-order valence-electron chi connectivity index (χ3n) is 4.92. The van der Waals surface area contributed by atoms with Crippen LogP contribution < -0.4 is 5.32 Å². The van der Waals surface area contributed by atoms with Gasteiger partial charge >= 0.3 is 12.1 Å². The zero-order valence-corrected chi connectivity index (χ0v) is 16.0. The van der Waals surface area contributed by atoms with Gasteiger partial charge in [0, 0.05) is 31.2 Å². The maximum absolute atomic E-state index is 12.8. The van der Waals surface area contributed by atoms with Gasteiger partial charge in [0.2, 0.25) is 10.0 Å². The van der Waals surface area contributed by atoms with E-state index >= 15 is 0 Å². The van der Waals surface area contributed by atoms with E-state index in [0.29, 0.717) is 31.1 Å². The fraction of sp³-hybridized carbons (Fsp3) is 0.562. The molecule has 0 aromatic heterocycles. The van der Waals surface area contributed by atoms with Gasteiger partial charge in [-0.2, -0.15) is 17.5 Å². The van der Waals surface area contributed by atoms with Crippen LogP contribution in [0.3, 0.4) is 0 Å². The summed E-state index contributed by atoms with van der Waals surface area (Å²) in [6, 6.07) is 7.34. The second-order valence-electron chi connectivity index (χ2n) is 6.91. The number of carboxylic acids is 1. The molecule has 3 heterocycles. The standard InChI is InChI=1S/C14H17ClN2O3S.C2HF3O2/c15-11-3-1-2-10(4-11)7-17-9-14-8-16-6-12(20-14)5-13(14)21(17,18)19;3-2(4,5)1(6)7/h1-4,12-13,16H,5-9H2;(H,6,7)/t12-,13+,14+;/m1./s1. The van der Waals surface area contributed by atoms with Crippen LogP contribution in [0.2, 0.25) is 5.02 Å². The summed E-state index contributed by atoms with van der Waals surface area (Å²) in [5.41, 5.74) is 0.336. The van der Waals surface area contributed by atoms with Crippen molar-refractivity contribution < 1.29 is 36.2 Å². The third-order valence-corrected chi connectivity index (χ3v) is 7.47. The van der Waals surface area contributed by atoms with Gasteiger partial charge in [0.05, 0.1) is 6.10 Å². The van der Waals surface area contributed by atoms with Gasteiger partial charge in [0.25, 0.3) is 0 Å². The Morgan fingerprint density at radius 1 is 1.43 bits per heavy atom. The largest absolute Gasteiger partial charge is 0.490 e. The topological polar surface area (TPSA) is 95.9 Å². The predicted molar refractivity (Wildman–Crippen MR) is 93.4 cm³/mol. The Labute approximate surface area is 164 Å². The minimum Gasteiger partial charge on any atom is -0.475 e. The molecule has 0 aliphatic carbocycles. The van der Waals surface area contributed by atoms with Crippen LogP contribution >= 0.6 is 11.6 Å². The number of benzene rings is 1. The van der Waals surface area contributed by atoms with Crippen molar-refractivity contribution in [2.75, 3.05) is 19.6 Å². The van der Waals surface area contributed by atoms with Crippen molar-refractivity contribution in [2.45, 2.75) is 36.1 Å². The van der Waals surface area contributed by atoms with Gasteiger partial charge in [-0.3, -0.25) is 0 Å². The Balaban J connectivity index is 0.000000279. The molecule has 3 aliphatic heterocycles. The summed E-state index contributed by atoms with van der Waals surface area (Å²) in [5, 5.41) is 10.6. The molecule has 2 N–H and O–H groups in total. The molecule has 1 aromatic rings. The number of carboxylic acid groups (broad SMARTS) is 1. The van der Waals surface area contributed by atoms with Crippen LogP contribution in [0.15, 0.2) is 24.3 Å². The molecular weight excluding hydrogens is 425 g/mol. The van der Waals surface area contributed by atoms with Crippen molar-refractivity contribution in [3.8, 4) is 0 Å². The molecule has 12 heteroatoms. The molecule has 3 fully saturated rings. The molecule has 1 spiro atoms. The zero-order valence-electron chi connectivity index (χ0n) is 14.4. The first-order valence-corrected chi connectivity index (χ1v) is 10.2. The van der Waals surface area contributed by atoms with Crippen LogP contribution in [-0.4, -0.2) is 66.6 Å². The first-order valence-electron chi connectivity index (χ1n) is 8.36. The number of nitrogens with zero attached hydrogens (tertiary/aromatic N) is 1. The maximum Gasteiger partial charge on any atom is 0.490 e. The van der Waals surface area contributed by atoms with Gasteiger partial charge in [-0.1, -0.05) is 23.7 Å². The molecule has 156 valence electrons. The lowest BCUT2D eigenvalue weighted by atomic mass is 10.00. The van der Waals surface area contributed by atoms with Crippen molar-refractivity contribution in [3.05, 3.63) is 34.9 Å². The Morgan fingerprint density at radius 3 is 2.71 bits per heavy atom. The number of fused-ring (bicyclic) bond motifs is 1. The highest BCUT2D eigenvalue weighted by Crippen LogP contribution is 2.45. The van der Waals surface area contributed by atoms with E-state index in [2.05, 4.69) is 5.32 Å². The van der Waals surface area contributed by atoms with E-state index in [1.165, 1.54) is 0 Å². The number of rotatable bonds is 2. The molecule has 7 nitrogen and oxygen atoms in total. The lowest BCUT2D eigenvalue weighted by Crippen LogP contribution is -2.53. The second-order valence-corrected chi connectivity index (χ2v) is 9.46. The molecule has 3 saturated heterocycles. The van der Waals surface area contributed by atoms with Gasteiger partial charge in [-0.05, 0) is 24.1 Å². The zero-order chi connectivity index (χ0) is 20.7. The van der Waals surface area contributed by atoms with Crippen LogP contribution in [0.4, 0.5) is 13.2 Å². The summed E-state index contributed by atoms with van der Waals surface area (Å²) < 4.78 is 64.9. The summed E-state index contributed by atoms with van der Waals surface area (Å²) in [6.45, 7) is 2.15. The third kappa shape index (κ3) is 4.13. The normalized spacial score (nSPS) is 31.0. The van der Waals surface area contributed by atoms with E-state index < -0.39 is 33.0 Å². The first kappa shape index (κ1) is 21.3. The van der Waals surface area contributed by atoms with E-state index in [1.54, 1.807) is 10.4 Å². The summed E-state index contributed by atoms with van der Waals surface area (Å²) in [6.07, 6.45) is -4.45. The van der Waals surface area contributed by atoms with Gasteiger partial charge in [-0.15, -0.1) is 0 Å². The first-order chi connectivity index (χ1) is 12.9. The van der Waals surface area contributed by atoms with Crippen LogP contribution in [0.25, 0.3) is 0 Å². The smallest absolute Gasteiger partial charge is 0.475 e. The Kier molecular flexibility index (Phi) is 5.67. The number of nitrogens with one attached hydrogen (secondary N) is 1. The fourth-order valence-electron chi connectivity index (χ4n) is 3.78. The molecule has 3 aliphatic rings. The van der Waals surface area contributed by atoms with E-state index in [1.807, 2.05) is 18.2 Å². The number of sulfonamides is 1. The highest BCUT2D eigenvalue weighted by Gasteiger charge is 2.63. The van der Waals surface area contributed by atoms with Crippen molar-refractivity contribution in [1.82, 2.24) is 9.62 Å². The molecule has 28 heavy (non-hydrogen) atoms. The van der Waals surface area contributed by atoms with Gasteiger partial charge in [0.1, 0.15) is 10.9 Å².